The molecule has 3 heteroatoms. The minimum absolute atomic E-state index is 0.0787. The average molecular weight is 276 g/mol. The third-order valence-electron chi connectivity index (χ3n) is 4.06. The van der Waals surface area contributed by atoms with Gasteiger partial charge in [-0.15, -0.1) is 0 Å². The Morgan fingerprint density at radius 1 is 1.30 bits per heavy atom. The Bertz CT molecular complexity index is 407. The number of hydrogen-bond donors (Lipinski definition) is 1. The van der Waals surface area contributed by atoms with Gasteiger partial charge in [0.25, 0.3) is 0 Å². The van der Waals surface area contributed by atoms with Crippen molar-refractivity contribution < 1.29 is 4.74 Å². The molecule has 3 nitrogen and oxygen atoms in total. The fraction of sp³-hybridized carbons (Fsp3) is 0.647. The van der Waals surface area contributed by atoms with Crippen molar-refractivity contribution in [1.82, 2.24) is 4.90 Å². The number of aryl methyl sites for hydroxylation is 2. The van der Waals surface area contributed by atoms with Crippen LogP contribution in [0.25, 0.3) is 0 Å². The fourth-order valence-corrected chi connectivity index (χ4v) is 3.02. The molecule has 1 aliphatic heterocycles. The number of likely N-dealkylation sites (N-methyl/N-ethyl adjacent to an activating group) is 1. The monoisotopic (exact) mass is 276 g/mol. The summed E-state index contributed by atoms with van der Waals surface area (Å²) in [5.41, 5.74) is 10.2. The Hall–Kier alpha value is -0.900. The van der Waals surface area contributed by atoms with Gasteiger partial charge >= 0.3 is 0 Å². The Balaban J connectivity index is 1.95. The van der Waals surface area contributed by atoms with Gasteiger partial charge in [0.15, 0.2) is 0 Å². The molecule has 1 aromatic rings. The summed E-state index contributed by atoms with van der Waals surface area (Å²) in [7, 11) is 0. The highest BCUT2D eigenvalue weighted by atomic mass is 16.5. The zero-order valence-electron chi connectivity index (χ0n) is 13.1. The number of nitrogens with zero attached hydrogens (tertiary/aromatic N) is 1. The van der Waals surface area contributed by atoms with E-state index >= 15 is 0 Å². The molecule has 20 heavy (non-hydrogen) atoms. The first-order valence-electron chi connectivity index (χ1n) is 7.76. The first kappa shape index (κ1) is 15.5. The van der Waals surface area contributed by atoms with E-state index in [9.17, 15) is 0 Å². The van der Waals surface area contributed by atoms with Gasteiger partial charge in [-0.25, -0.2) is 0 Å². The first-order chi connectivity index (χ1) is 9.58. The van der Waals surface area contributed by atoms with Crippen LogP contribution in [0.4, 0.5) is 0 Å². The standard InChI is InChI=1S/C17H28N2O/c1-4-19(11-16-6-5-7-20-16)12-17(18)15-9-13(2)8-14(3)10-15/h8-10,16-17H,4-7,11-12,18H2,1-3H3. The topological polar surface area (TPSA) is 38.5 Å². The van der Waals surface area contributed by atoms with E-state index in [1.807, 2.05) is 0 Å². The Kier molecular flexibility index (Phi) is 5.58. The highest BCUT2D eigenvalue weighted by Crippen LogP contribution is 2.18. The summed E-state index contributed by atoms with van der Waals surface area (Å²) in [5, 5.41) is 0. The van der Waals surface area contributed by atoms with E-state index in [0.29, 0.717) is 6.10 Å². The van der Waals surface area contributed by atoms with Gasteiger partial charge in [-0.2, -0.15) is 0 Å². The minimum atomic E-state index is 0.0787. The second kappa shape index (κ2) is 7.21. The second-order valence-electron chi connectivity index (χ2n) is 6.01. The first-order valence-corrected chi connectivity index (χ1v) is 7.76. The number of rotatable bonds is 6. The van der Waals surface area contributed by atoms with Crippen molar-refractivity contribution in [3.63, 3.8) is 0 Å². The highest BCUT2D eigenvalue weighted by Gasteiger charge is 2.20. The second-order valence-corrected chi connectivity index (χ2v) is 6.01. The minimum Gasteiger partial charge on any atom is -0.377 e. The van der Waals surface area contributed by atoms with Crippen molar-refractivity contribution in [2.24, 2.45) is 5.73 Å². The molecule has 0 saturated carbocycles. The van der Waals surface area contributed by atoms with E-state index in [4.69, 9.17) is 10.5 Å². The third-order valence-corrected chi connectivity index (χ3v) is 4.06. The normalized spacial score (nSPS) is 20.6. The molecule has 0 amide bonds. The molecule has 1 saturated heterocycles. The molecule has 1 fully saturated rings. The van der Waals surface area contributed by atoms with Crippen molar-refractivity contribution in [2.75, 3.05) is 26.2 Å². The highest BCUT2D eigenvalue weighted by molar-refractivity contribution is 5.30. The Morgan fingerprint density at radius 3 is 2.55 bits per heavy atom. The molecule has 0 aromatic heterocycles. The van der Waals surface area contributed by atoms with Gasteiger partial charge in [0, 0.05) is 25.7 Å². The summed E-state index contributed by atoms with van der Waals surface area (Å²) in [6.07, 6.45) is 2.79. The molecule has 0 aliphatic carbocycles. The van der Waals surface area contributed by atoms with Crippen LogP contribution in [0.1, 0.15) is 42.5 Å². The molecule has 2 N–H and O–H groups in total. The van der Waals surface area contributed by atoms with E-state index in [-0.39, 0.29) is 6.04 Å². The third kappa shape index (κ3) is 4.30. The predicted octanol–water partition coefficient (Wildman–Crippen LogP) is 2.80. The summed E-state index contributed by atoms with van der Waals surface area (Å²) in [4.78, 5) is 2.42. The lowest BCUT2D eigenvalue weighted by molar-refractivity contribution is 0.0729. The van der Waals surface area contributed by atoms with Crippen molar-refractivity contribution >= 4 is 0 Å². The summed E-state index contributed by atoms with van der Waals surface area (Å²) < 4.78 is 5.73. The Labute approximate surface area is 123 Å². The summed E-state index contributed by atoms with van der Waals surface area (Å²) in [6.45, 7) is 10.3. The van der Waals surface area contributed by atoms with E-state index in [1.165, 1.54) is 29.5 Å². The van der Waals surface area contributed by atoms with Gasteiger partial charge in [-0.1, -0.05) is 36.2 Å². The zero-order chi connectivity index (χ0) is 14.5. The molecule has 0 spiro atoms. The molecular formula is C17H28N2O. The van der Waals surface area contributed by atoms with Crippen LogP contribution in [0, 0.1) is 13.8 Å². The zero-order valence-corrected chi connectivity index (χ0v) is 13.1. The fourth-order valence-electron chi connectivity index (χ4n) is 3.02. The molecule has 2 unspecified atom stereocenters. The van der Waals surface area contributed by atoms with Crippen LogP contribution in [0.5, 0.6) is 0 Å². The summed E-state index contributed by atoms with van der Waals surface area (Å²) in [5.74, 6) is 0. The van der Waals surface area contributed by atoms with Crippen LogP contribution >= 0.6 is 0 Å². The predicted molar refractivity (Wildman–Crippen MR) is 83.9 cm³/mol. The summed E-state index contributed by atoms with van der Waals surface area (Å²) >= 11 is 0. The lowest BCUT2D eigenvalue weighted by Gasteiger charge is -2.27. The molecule has 2 atom stereocenters. The van der Waals surface area contributed by atoms with Crippen LogP contribution in [0.2, 0.25) is 0 Å². The molecule has 112 valence electrons. The van der Waals surface area contributed by atoms with E-state index in [0.717, 1.165) is 26.2 Å². The smallest absolute Gasteiger partial charge is 0.0702 e. The van der Waals surface area contributed by atoms with Gasteiger partial charge in [0.1, 0.15) is 0 Å². The van der Waals surface area contributed by atoms with Gasteiger partial charge in [0.2, 0.25) is 0 Å². The van der Waals surface area contributed by atoms with Crippen LogP contribution in [-0.4, -0.2) is 37.2 Å². The SMILES string of the molecule is CCN(CC1CCCO1)CC(N)c1cc(C)cc(C)c1. The van der Waals surface area contributed by atoms with Gasteiger partial charge in [0.05, 0.1) is 6.10 Å². The maximum Gasteiger partial charge on any atom is 0.0702 e. The molecule has 1 aliphatic rings. The average Bonchev–Trinajstić information content (AvgIpc) is 2.89. The van der Waals surface area contributed by atoms with Crippen LogP contribution in [-0.2, 0) is 4.74 Å². The van der Waals surface area contributed by atoms with Crippen molar-refractivity contribution in [3.05, 3.63) is 34.9 Å². The Morgan fingerprint density at radius 2 is 2.00 bits per heavy atom. The number of ether oxygens (including phenoxy) is 1. The van der Waals surface area contributed by atoms with Gasteiger partial charge in [-0.3, -0.25) is 4.90 Å². The largest absolute Gasteiger partial charge is 0.377 e. The van der Waals surface area contributed by atoms with Gasteiger partial charge in [-0.05, 0) is 38.8 Å². The van der Waals surface area contributed by atoms with Crippen molar-refractivity contribution in [1.29, 1.82) is 0 Å². The van der Waals surface area contributed by atoms with Crippen LogP contribution in [0.15, 0.2) is 18.2 Å². The maximum atomic E-state index is 6.40. The quantitative estimate of drug-likeness (QED) is 0.868. The summed E-state index contributed by atoms with van der Waals surface area (Å²) in [6, 6.07) is 6.69. The van der Waals surface area contributed by atoms with E-state index in [1.54, 1.807) is 0 Å². The van der Waals surface area contributed by atoms with E-state index < -0.39 is 0 Å². The number of benzene rings is 1. The van der Waals surface area contributed by atoms with Crippen LogP contribution in [0.3, 0.4) is 0 Å². The molecule has 0 bridgehead atoms. The van der Waals surface area contributed by atoms with Crippen molar-refractivity contribution in [3.8, 4) is 0 Å². The van der Waals surface area contributed by atoms with E-state index in [2.05, 4.69) is 43.9 Å². The van der Waals surface area contributed by atoms with Crippen LogP contribution < -0.4 is 5.73 Å². The number of nitrogens with two attached hydrogens (primary N) is 1. The molecule has 1 heterocycles. The van der Waals surface area contributed by atoms with Gasteiger partial charge < -0.3 is 10.5 Å². The lowest BCUT2D eigenvalue weighted by Crippen LogP contribution is -2.37. The molecular weight excluding hydrogens is 248 g/mol. The lowest BCUT2D eigenvalue weighted by atomic mass is 10.0. The van der Waals surface area contributed by atoms with Crippen molar-refractivity contribution in [2.45, 2.75) is 45.8 Å². The maximum absolute atomic E-state index is 6.40. The molecule has 1 aromatic carbocycles. The molecule has 0 radical (unpaired) electrons. The number of hydrogen-bond acceptors (Lipinski definition) is 3. The molecule has 2 rings (SSSR count).